The van der Waals surface area contributed by atoms with Gasteiger partial charge in [0.15, 0.2) is 5.76 Å². The predicted molar refractivity (Wildman–Crippen MR) is 73.4 cm³/mol. The first-order valence-electron chi connectivity index (χ1n) is 6.91. The second kappa shape index (κ2) is 5.63. The smallest absolute Gasteiger partial charge is 0.214 e. The first-order chi connectivity index (χ1) is 8.95. The van der Waals surface area contributed by atoms with Crippen molar-refractivity contribution in [1.82, 2.24) is 9.46 Å². The van der Waals surface area contributed by atoms with Crippen LogP contribution < -0.4 is 0 Å². The molecule has 0 radical (unpaired) electrons. The van der Waals surface area contributed by atoms with Gasteiger partial charge in [-0.2, -0.15) is 4.31 Å². The van der Waals surface area contributed by atoms with Crippen LogP contribution in [-0.4, -0.2) is 30.2 Å². The van der Waals surface area contributed by atoms with Gasteiger partial charge in [-0.1, -0.05) is 25.9 Å². The third-order valence-electron chi connectivity index (χ3n) is 3.49. The van der Waals surface area contributed by atoms with Gasteiger partial charge in [-0.25, -0.2) is 8.42 Å². The highest BCUT2D eigenvalue weighted by Crippen LogP contribution is 2.35. The molecule has 1 unspecified atom stereocenters. The van der Waals surface area contributed by atoms with Gasteiger partial charge in [0, 0.05) is 12.6 Å². The van der Waals surface area contributed by atoms with E-state index in [2.05, 4.69) is 5.16 Å². The van der Waals surface area contributed by atoms with Crippen molar-refractivity contribution < 1.29 is 12.9 Å². The first-order valence-corrected chi connectivity index (χ1v) is 8.52. The summed E-state index contributed by atoms with van der Waals surface area (Å²) in [4.78, 5) is 0. The minimum absolute atomic E-state index is 0.170. The summed E-state index contributed by atoms with van der Waals surface area (Å²) in [6.45, 7) is 6.56. The molecule has 2 rings (SSSR count). The lowest BCUT2D eigenvalue weighted by molar-refractivity contribution is 0.295. The molecule has 0 saturated carbocycles. The summed E-state index contributed by atoms with van der Waals surface area (Å²) in [5.74, 6) is 1.18. The van der Waals surface area contributed by atoms with Gasteiger partial charge in [-0.3, -0.25) is 0 Å². The molecule has 1 aliphatic heterocycles. The zero-order chi connectivity index (χ0) is 14.0. The van der Waals surface area contributed by atoms with Crippen LogP contribution in [0.25, 0.3) is 0 Å². The molecule has 0 N–H and O–H groups in total. The lowest BCUT2D eigenvalue weighted by Crippen LogP contribution is -2.32. The second-order valence-corrected chi connectivity index (χ2v) is 7.43. The molecule has 19 heavy (non-hydrogen) atoms. The van der Waals surface area contributed by atoms with Crippen molar-refractivity contribution >= 4 is 10.0 Å². The van der Waals surface area contributed by atoms with Gasteiger partial charge in [0.2, 0.25) is 10.0 Å². The monoisotopic (exact) mass is 286 g/mol. The molecule has 1 fully saturated rings. The number of hydrogen-bond acceptors (Lipinski definition) is 4. The van der Waals surface area contributed by atoms with Crippen molar-refractivity contribution in [2.45, 2.75) is 52.0 Å². The normalized spacial score (nSPS) is 21.4. The van der Waals surface area contributed by atoms with Gasteiger partial charge >= 0.3 is 0 Å². The third kappa shape index (κ3) is 3.00. The van der Waals surface area contributed by atoms with E-state index in [9.17, 15) is 8.42 Å². The van der Waals surface area contributed by atoms with E-state index in [-0.39, 0.29) is 11.8 Å². The second-order valence-electron chi connectivity index (χ2n) is 5.39. The maximum Gasteiger partial charge on any atom is 0.214 e. The third-order valence-corrected chi connectivity index (χ3v) is 5.57. The zero-order valence-corrected chi connectivity index (χ0v) is 12.6. The fourth-order valence-electron chi connectivity index (χ4n) is 2.47. The van der Waals surface area contributed by atoms with Crippen LogP contribution >= 0.6 is 0 Å². The SMILES string of the molecule is CCCS(=O)(=O)N1CCCC1c1cc(C(C)C)no1. The summed E-state index contributed by atoms with van der Waals surface area (Å²) in [6, 6.07) is 1.73. The van der Waals surface area contributed by atoms with Crippen LogP contribution in [0.5, 0.6) is 0 Å². The molecule has 1 aliphatic rings. The summed E-state index contributed by atoms with van der Waals surface area (Å²) >= 11 is 0. The quantitative estimate of drug-likeness (QED) is 0.834. The Kier molecular flexibility index (Phi) is 4.30. The van der Waals surface area contributed by atoms with E-state index in [1.165, 1.54) is 0 Å². The van der Waals surface area contributed by atoms with E-state index in [1.54, 1.807) is 4.31 Å². The van der Waals surface area contributed by atoms with Gasteiger partial charge in [-0.15, -0.1) is 0 Å². The Balaban J connectivity index is 2.23. The molecule has 0 bridgehead atoms. The van der Waals surface area contributed by atoms with Crippen molar-refractivity contribution in [2.24, 2.45) is 0 Å². The highest BCUT2D eigenvalue weighted by atomic mass is 32.2. The van der Waals surface area contributed by atoms with Crippen molar-refractivity contribution in [3.63, 3.8) is 0 Å². The molecule has 6 heteroatoms. The number of hydrogen-bond donors (Lipinski definition) is 0. The van der Waals surface area contributed by atoms with Crippen molar-refractivity contribution in [3.05, 3.63) is 17.5 Å². The molecule has 1 saturated heterocycles. The van der Waals surface area contributed by atoms with Crippen molar-refractivity contribution in [2.75, 3.05) is 12.3 Å². The Bertz CT molecular complexity index is 522. The van der Waals surface area contributed by atoms with Crippen LogP contribution in [0, 0.1) is 0 Å². The van der Waals surface area contributed by atoms with Crippen LogP contribution in [-0.2, 0) is 10.0 Å². The maximum atomic E-state index is 12.2. The van der Waals surface area contributed by atoms with Crippen LogP contribution in [0.2, 0.25) is 0 Å². The van der Waals surface area contributed by atoms with Crippen molar-refractivity contribution in [3.8, 4) is 0 Å². The van der Waals surface area contributed by atoms with E-state index in [0.29, 0.717) is 24.6 Å². The molecular weight excluding hydrogens is 264 g/mol. The Morgan fingerprint density at radius 1 is 1.53 bits per heavy atom. The largest absolute Gasteiger partial charge is 0.359 e. The van der Waals surface area contributed by atoms with Crippen LogP contribution in [0.3, 0.4) is 0 Å². The van der Waals surface area contributed by atoms with Gasteiger partial charge < -0.3 is 4.52 Å². The van der Waals surface area contributed by atoms with E-state index in [0.717, 1.165) is 18.5 Å². The predicted octanol–water partition coefficient (Wildman–Crippen LogP) is 2.67. The Labute approximate surface area is 115 Å². The first kappa shape index (κ1) is 14.5. The highest BCUT2D eigenvalue weighted by molar-refractivity contribution is 7.89. The number of rotatable bonds is 5. The highest BCUT2D eigenvalue weighted by Gasteiger charge is 2.36. The number of nitrogens with zero attached hydrogens (tertiary/aromatic N) is 2. The Morgan fingerprint density at radius 3 is 2.84 bits per heavy atom. The minimum Gasteiger partial charge on any atom is -0.359 e. The fraction of sp³-hybridized carbons (Fsp3) is 0.769. The lowest BCUT2D eigenvalue weighted by Gasteiger charge is -2.21. The molecule has 1 aromatic heterocycles. The van der Waals surface area contributed by atoms with Crippen LogP contribution in [0.15, 0.2) is 10.6 Å². The van der Waals surface area contributed by atoms with Gasteiger partial charge in [0.1, 0.15) is 0 Å². The van der Waals surface area contributed by atoms with Crippen LogP contribution in [0.1, 0.15) is 63.4 Å². The maximum absolute atomic E-state index is 12.2. The molecule has 2 heterocycles. The zero-order valence-electron chi connectivity index (χ0n) is 11.8. The average molecular weight is 286 g/mol. The summed E-state index contributed by atoms with van der Waals surface area (Å²) in [5.41, 5.74) is 0.884. The van der Waals surface area contributed by atoms with E-state index >= 15 is 0 Å². The van der Waals surface area contributed by atoms with Gasteiger partial charge in [0.25, 0.3) is 0 Å². The molecule has 0 amide bonds. The lowest BCUT2D eigenvalue weighted by atomic mass is 10.1. The summed E-state index contributed by atoms with van der Waals surface area (Å²) < 4.78 is 31.4. The fourth-order valence-corrected chi connectivity index (χ4v) is 4.22. The Hall–Kier alpha value is -0.880. The molecular formula is C13H22N2O3S. The topological polar surface area (TPSA) is 63.4 Å². The molecule has 0 spiro atoms. The van der Waals surface area contributed by atoms with E-state index < -0.39 is 10.0 Å². The Morgan fingerprint density at radius 2 is 2.26 bits per heavy atom. The number of aromatic nitrogens is 1. The molecule has 1 aromatic rings. The number of sulfonamides is 1. The van der Waals surface area contributed by atoms with E-state index in [4.69, 9.17) is 4.52 Å². The summed E-state index contributed by atoms with van der Waals surface area (Å²) in [7, 11) is -3.17. The molecule has 1 atom stereocenters. The molecule has 108 valence electrons. The summed E-state index contributed by atoms with van der Waals surface area (Å²) in [6.07, 6.45) is 2.33. The van der Waals surface area contributed by atoms with E-state index in [1.807, 2.05) is 26.8 Å². The van der Waals surface area contributed by atoms with Crippen molar-refractivity contribution in [1.29, 1.82) is 0 Å². The van der Waals surface area contributed by atoms with Gasteiger partial charge in [-0.05, 0) is 25.2 Å². The van der Waals surface area contributed by atoms with Gasteiger partial charge in [0.05, 0.1) is 17.5 Å². The minimum atomic E-state index is -3.17. The molecule has 0 aromatic carbocycles. The molecule has 0 aliphatic carbocycles. The molecule has 5 nitrogen and oxygen atoms in total. The average Bonchev–Trinajstić information content (AvgIpc) is 2.98. The summed E-state index contributed by atoms with van der Waals surface area (Å²) in [5, 5.41) is 4.03. The standard InChI is InChI=1S/C13H22N2O3S/c1-4-8-19(16,17)15-7-5-6-12(15)13-9-11(10(2)3)14-18-13/h9-10,12H,4-8H2,1-3H3. The van der Waals surface area contributed by atoms with Crippen LogP contribution in [0.4, 0.5) is 0 Å².